The lowest BCUT2D eigenvalue weighted by Crippen LogP contribution is -2.43. The highest BCUT2D eigenvalue weighted by Gasteiger charge is 2.38. The van der Waals surface area contributed by atoms with Gasteiger partial charge in [0.1, 0.15) is 17.1 Å². The molecular weight excluding hydrogens is 553 g/mol. The molecule has 3 rings (SSSR count). The molecule has 1 aromatic carbocycles. The summed E-state index contributed by atoms with van der Waals surface area (Å²) < 4.78 is 33.9. The number of esters is 1. The molecular formula is C29H38ClFN3O5Si. The summed E-state index contributed by atoms with van der Waals surface area (Å²) in [5.74, 6) is -1.20. The van der Waals surface area contributed by atoms with E-state index in [2.05, 4.69) is 52.7 Å². The Labute approximate surface area is 241 Å². The third-order valence-corrected chi connectivity index (χ3v) is 7.51. The first-order chi connectivity index (χ1) is 18.7. The zero-order chi connectivity index (χ0) is 29.9. The fourth-order valence-electron chi connectivity index (χ4n) is 4.72. The molecule has 2 heterocycles. The van der Waals surface area contributed by atoms with Crippen molar-refractivity contribution in [1.29, 1.82) is 0 Å². The maximum atomic E-state index is 14.8. The van der Waals surface area contributed by atoms with E-state index in [4.69, 9.17) is 30.5 Å². The summed E-state index contributed by atoms with van der Waals surface area (Å²) in [7, 11) is 0.307. The number of methoxy groups -OCH3 is 1. The predicted molar refractivity (Wildman–Crippen MR) is 156 cm³/mol. The van der Waals surface area contributed by atoms with E-state index in [1.165, 1.54) is 19.4 Å². The normalized spacial score (nSPS) is 13.6. The van der Waals surface area contributed by atoms with Crippen molar-refractivity contribution in [3.63, 3.8) is 0 Å². The summed E-state index contributed by atoms with van der Waals surface area (Å²) in [5, 5.41) is -0.0297. The summed E-state index contributed by atoms with van der Waals surface area (Å²) in [5.41, 5.74) is -0.382. The minimum absolute atomic E-state index is 0.0133. The largest absolute Gasteiger partial charge is 0.480 e. The van der Waals surface area contributed by atoms with Crippen molar-refractivity contribution in [2.24, 2.45) is 11.3 Å². The lowest BCUT2D eigenvalue weighted by molar-refractivity contribution is 0.0209. The lowest BCUT2D eigenvalue weighted by Gasteiger charge is -2.41. The number of carbonyl (C=O) groups excluding carboxylic acids is 1. The molecule has 11 heteroatoms. The molecule has 2 aromatic heterocycles. The molecule has 2 atom stereocenters. The number of carbonyl (C=O) groups is 1. The SMILES string of the molecule is CCOC(=O)c1cn([C@@H](C(C)C)C(O[Si](C)C)C(C)(C)C)c2nc(OC)c(Cc3cccc(Cl)c3F)nc2c1=O. The van der Waals surface area contributed by atoms with Gasteiger partial charge in [0, 0.05) is 12.6 Å². The third kappa shape index (κ3) is 6.72. The molecule has 3 aromatic rings. The van der Waals surface area contributed by atoms with E-state index in [1.54, 1.807) is 23.6 Å². The van der Waals surface area contributed by atoms with Gasteiger partial charge in [-0.2, -0.15) is 4.98 Å². The second kappa shape index (κ2) is 12.8. The molecule has 0 fully saturated rings. The van der Waals surface area contributed by atoms with Gasteiger partial charge in [-0.15, -0.1) is 0 Å². The number of ether oxygens (including phenoxy) is 2. The van der Waals surface area contributed by atoms with Crippen molar-refractivity contribution in [1.82, 2.24) is 14.5 Å². The van der Waals surface area contributed by atoms with E-state index in [9.17, 15) is 14.0 Å². The fourth-order valence-corrected chi connectivity index (χ4v) is 5.92. The van der Waals surface area contributed by atoms with Gasteiger partial charge in [0.05, 0.1) is 30.9 Å². The Morgan fingerprint density at radius 3 is 2.42 bits per heavy atom. The summed E-state index contributed by atoms with van der Waals surface area (Å²) >= 11 is 5.99. The van der Waals surface area contributed by atoms with Gasteiger partial charge in [-0.1, -0.05) is 58.4 Å². The van der Waals surface area contributed by atoms with Crippen molar-refractivity contribution < 1.29 is 23.1 Å². The summed E-state index contributed by atoms with van der Waals surface area (Å²) in [6.07, 6.45) is 1.18. The number of halogens is 2. The number of hydrogen-bond donors (Lipinski definition) is 0. The lowest BCUT2D eigenvalue weighted by atomic mass is 9.80. The highest BCUT2D eigenvalue weighted by Crippen LogP contribution is 2.38. The van der Waals surface area contributed by atoms with Crippen molar-refractivity contribution in [2.75, 3.05) is 13.7 Å². The van der Waals surface area contributed by atoms with E-state index >= 15 is 0 Å². The van der Waals surface area contributed by atoms with Crippen LogP contribution in [0.15, 0.2) is 29.2 Å². The Hall–Kier alpha value is -2.82. The number of benzene rings is 1. The van der Waals surface area contributed by atoms with Crippen LogP contribution in [0.5, 0.6) is 5.88 Å². The number of fused-ring (bicyclic) bond motifs is 1. The smallest absolute Gasteiger partial charge is 0.343 e. The highest BCUT2D eigenvalue weighted by atomic mass is 35.5. The quantitative estimate of drug-likeness (QED) is 0.204. The Kier molecular flexibility index (Phi) is 10.1. The average molecular weight is 591 g/mol. The van der Waals surface area contributed by atoms with E-state index in [-0.39, 0.29) is 75.4 Å². The summed E-state index contributed by atoms with van der Waals surface area (Å²) in [4.78, 5) is 36.0. The molecule has 217 valence electrons. The van der Waals surface area contributed by atoms with Crippen LogP contribution < -0.4 is 10.2 Å². The number of aromatic nitrogens is 3. The molecule has 0 N–H and O–H groups in total. The molecule has 8 nitrogen and oxygen atoms in total. The Morgan fingerprint density at radius 1 is 1.20 bits per heavy atom. The van der Waals surface area contributed by atoms with E-state index in [0.29, 0.717) is 0 Å². The number of rotatable bonds is 10. The molecule has 0 bridgehead atoms. The van der Waals surface area contributed by atoms with Crippen LogP contribution in [0.3, 0.4) is 0 Å². The Balaban J connectivity index is 2.40. The predicted octanol–water partition coefficient (Wildman–Crippen LogP) is 6.24. The first-order valence-corrected chi connectivity index (χ1v) is 16.1. The van der Waals surface area contributed by atoms with Crippen LogP contribution in [0.25, 0.3) is 11.2 Å². The average Bonchev–Trinajstić information content (AvgIpc) is 2.86. The molecule has 0 amide bonds. The minimum Gasteiger partial charge on any atom is -0.480 e. The minimum atomic E-state index is -1.13. The Morgan fingerprint density at radius 2 is 1.88 bits per heavy atom. The summed E-state index contributed by atoms with van der Waals surface area (Å²) in [6, 6.07) is 4.33. The number of nitrogens with zero attached hydrogens (tertiary/aromatic N) is 3. The van der Waals surface area contributed by atoms with Gasteiger partial charge in [-0.05, 0) is 43.0 Å². The second-order valence-electron chi connectivity index (χ2n) is 11.3. The van der Waals surface area contributed by atoms with Crippen LogP contribution in [-0.4, -0.2) is 49.4 Å². The first-order valence-electron chi connectivity index (χ1n) is 13.3. The van der Waals surface area contributed by atoms with Gasteiger partial charge in [-0.25, -0.2) is 14.2 Å². The molecule has 0 aliphatic rings. The molecule has 0 saturated carbocycles. The van der Waals surface area contributed by atoms with E-state index in [0.717, 1.165) is 0 Å². The maximum absolute atomic E-state index is 14.8. The van der Waals surface area contributed by atoms with Crippen LogP contribution in [0.2, 0.25) is 18.1 Å². The standard InChI is InChI=1S/C29H38ClFN3O5Si/c1-10-38-28(36)18-15-34(23(16(2)3)25(29(4,5)6)39-40(8)9)26-22(24(18)35)32-20(27(33-26)37-7)14-17-12-11-13-19(30)21(17)31/h11-13,15-16,23,25H,10,14H2,1-9H3/t23-,25?/m0/s1. The van der Waals surface area contributed by atoms with Crippen molar-refractivity contribution in [3.05, 3.63) is 62.3 Å². The molecule has 0 aliphatic heterocycles. The zero-order valence-electron chi connectivity index (χ0n) is 24.6. The Bertz CT molecular complexity index is 1440. The van der Waals surface area contributed by atoms with Crippen LogP contribution in [0.4, 0.5) is 4.39 Å². The first kappa shape index (κ1) is 31.7. The zero-order valence-corrected chi connectivity index (χ0v) is 26.4. The van der Waals surface area contributed by atoms with Crippen molar-refractivity contribution in [3.8, 4) is 5.88 Å². The van der Waals surface area contributed by atoms with Gasteiger partial charge < -0.3 is 18.5 Å². The van der Waals surface area contributed by atoms with Crippen LogP contribution >= 0.6 is 11.6 Å². The summed E-state index contributed by atoms with van der Waals surface area (Å²) in [6.45, 7) is 16.3. The molecule has 0 spiro atoms. The van der Waals surface area contributed by atoms with Crippen LogP contribution in [-0.2, 0) is 15.6 Å². The van der Waals surface area contributed by atoms with Crippen LogP contribution in [0, 0.1) is 17.2 Å². The maximum Gasteiger partial charge on any atom is 0.343 e. The van der Waals surface area contributed by atoms with Gasteiger partial charge >= 0.3 is 5.97 Å². The molecule has 40 heavy (non-hydrogen) atoms. The van der Waals surface area contributed by atoms with Gasteiger partial charge in [-0.3, -0.25) is 4.79 Å². The number of pyridine rings is 1. The number of hydrogen-bond acceptors (Lipinski definition) is 7. The molecule has 1 unspecified atom stereocenters. The molecule has 1 radical (unpaired) electrons. The van der Waals surface area contributed by atoms with Crippen molar-refractivity contribution in [2.45, 2.75) is 73.2 Å². The fraction of sp³-hybridized carbons (Fsp3) is 0.517. The van der Waals surface area contributed by atoms with E-state index < -0.39 is 26.3 Å². The van der Waals surface area contributed by atoms with Gasteiger partial charge in [0.2, 0.25) is 20.3 Å². The van der Waals surface area contributed by atoms with Crippen LogP contribution in [0.1, 0.15) is 69.2 Å². The topological polar surface area (TPSA) is 92.5 Å². The third-order valence-electron chi connectivity index (χ3n) is 6.49. The molecule has 0 aliphatic carbocycles. The van der Waals surface area contributed by atoms with E-state index in [1.807, 2.05) is 0 Å². The monoisotopic (exact) mass is 590 g/mol. The molecule has 0 saturated heterocycles. The second-order valence-corrected chi connectivity index (χ2v) is 13.7. The highest BCUT2D eigenvalue weighted by molar-refractivity contribution is 6.48. The van der Waals surface area contributed by atoms with Gasteiger partial charge in [0.15, 0.2) is 11.2 Å². The van der Waals surface area contributed by atoms with Gasteiger partial charge in [0.25, 0.3) is 0 Å². The van der Waals surface area contributed by atoms with Crippen molar-refractivity contribution >= 4 is 37.8 Å².